The highest BCUT2D eigenvalue weighted by Crippen LogP contribution is 2.28. The van der Waals surface area contributed by atoms with E-state index in [0.717, 1.165) is 18.5 Å². The van der Waals surface area contributed by atoms with E-state index in [9.17, 15) is 9.59 Å². The van der Waals surface area contributed by atoms with Crippen molar-refractivity contribution in [3.05, 3.63) is 47.8 Å². The van der Waals surface area contributed by atoms with Gasteiger partial charge in [0.1, 0.15) is 6.54 Å². The van der Waals surface area contributed by atoms with E-state index in [0.29, 0.717) is 11.3 Å². The molecule has 1 saturated carbocycles. The molecule has 0 bridgehead atoms. The van der Waals surface area contributed by atoms with E-state index in [1.807, 2.05) is 37.3 Å². The number of amides is 1. The molecular weight excluding hydrogens is 282 g/mol. The normalized spacial score (nSPS) is 13.9. The van der Waals surface area contributed by atoms with Gasteiger partial charge in [-0.25, -0.2) is 4.68 Å². The lowest BCUT2D eigenvalue weighted by molar-refractivity contribution is -0.137. The lowest BCUT2D eigenvalue weighted by Crippen LogP contribution is -2.37. The third-order valence-corrected chi connectivity index (χ3v) is 3.80. The van der Waals surface area contributed by atoms with E-state index >= 15 is 0 Å². The molecule has 1 amide bonds. The second kappa shape index (κ2) is 5.63. The molecule has 0 radical (unpaired) electrons. The maximum atomic E-state index is 12.6. The summed E-state index contributed by atoms with van der Waals surface area (Å²) in [5.74, 6) is -1.25. The fourth-order valence-corrected chi connectivity index (χ4v) is 2.50. The van der Waals surface area contributed by atoms with Crippen LogP contribution in [0, 0.1) is 6.92 Å². The first kappa shape index (κ1) is 14.3. The molecule has 0 aliphatic heterocycles. The zero-order valence-electron chi connectivity index (χ0n) is 12.3. The van der Waals surface area contributed by atoms with Gasteiger partial charge in [0.05, 0.1) is 23.1 Å². The predicted molar refractivity (Wildman–Crippen MR) is 80.0 cm³/mol. The number of para-hydroxylation sites is 1. The summed E-state index contributed by atoms with van der Waals surface area (Å²) >= 11 is 0. The smallest absolute Gasteiger partial charge is 0.323 e. The zero-order valence-corrected chi connectivity index (χ0v) is 12.3. The Bertz CT molecular complexity index is 705. The first-order valence-corrected chi connectivity index (χ1v) is 7.20. The third-order valence-electron chi connectivity index (χ3n) is 3.80. The van der Waals surface area contributed by atoms with E-state index < -0.39 is 5.97 Å². The van der Waals surface area contributed by atoms with Crippen molar-refractivity contribution in [2.45, 2.75) is 25.8 Å². The van der Waals surface area contributed by atoms with Crippen LogP contribution in [0.1, 0.15) is 28.9 Å². The molecular formula is C16H17N3O3. The van der Waals surface area contributed by atoms with Crippen molar-refractivity contribution in [1.29, 1.82) is 0 Å². The van der Waals surface area contributed by atoms with Crippen molar-refractivity contribution in [2.24, 2.45) is 0 Å². The lowest BCUT2D eigenvalue weighted by Gasteiger charge is -2.19. The van der Waals surface area contributed by atoms with Crippen molar-refractivity contribution in [1.82, 2.24) is 14.7 Å². The van der Waals surface area contributed by atoms with E-state index in [4.69, 9.17) is 5.11 Å². The highest BCUT2D eigenvalue weighted by Gasteiger charge is 2.35. The van der Waals surface area contributed by atoms with Crippen LogP contribution in [0.4, 0.5) is 0 Å². The van der Waals surface area contributed by atoms with Gasteiger partial charge in [-0.05, 0) is 31.9 Å². The fraction of sp³-hybridized carbons (Fsp3) is 0.312. The van der Waals surface area contributed by atoms with Crippen LogP contribution in [0.15, 0.2) is 36.5 Å². The summed E-state index contributed by atoms with van der Waals surface area (Å²) in [6.45, 7) is 1.55. The maximum Gasteiger partial charge on any atom is 0.323 e. The van der Waals surface area contributed by atoms with Gasteiger partial charge < -0.3 is 10.0 Å². The first-order chi connectivity index (χ1) is 10.6. The van der Waals surface area contributed by atoms with Gasteiger partial charge in [-0.15, -0.1) is 0 Å². The summed E-state index contributed by atoms with van der Waals surface area (Å²) < 4.78 is 1.69. The van der Waals surface area contributed by atoms with Gasteiger partial charge in [-0.1, -0.05) is 18.2 Å². The maximum absolute atomic E-state index is 12.6. The lowest BCUT2D eigenvalue weighted by atomic mass is 10.2. The quantitative estimate of drug-likeness (QED) is 0.914. The van der Waals surface area contributed by atoms with Crippen LogP contribution in [0.5, 0.6) is 0 Å². The van der Waals surface area contributed by atoms with Crippen LogP contribution < -0.4 is 0 Å². The van der Waals surface area contributed by atoms with Gasteiger partial charge in [0.15, 0.2) is 0 Å². The van der Waals surface area contributed by atoms with Crippen molar-refractivity contribution in [3.63, 3.8) is 0 Å². The van der Waals surface area contributed by atoms with E-state index in [2.05, 4.69) is 5.10 Å². The Morgan fingerprint density at radius 1 is 1.32 bits per heavy atom. The van der Waals surface area contributed by atoms with Crippen LogP contribution in [-0.2, 0) is 4.79 Å². The summed E-state index contributed by atoms with van der Waals surface area (Å²) in [6.07, 6.45) is 3.25. The van der Waals surface area contributed by atoms with Crippen LogP contribution in [0.25, 0.3) is 5.69 Å². The van der Waals surface area contributed by atoms with Crippen LogP contribution in [0.2, 0.25) is 0 Å². The summed E-state index contributed by atoms with van der Waals surface area (Å²) in [6, 6.07) is 9.57. The zero-order chi connectivity index (χ0) is 15.7. The SMILES string of the molecule is Cc1c(C(=O)N(CC(=O)O)C2CC2)cnn1-c1ccccc1. The minimum Gasteiger partial charge on any atom is -0.480 e. The summed E-state index contributed by atoms with van der Waals surface area (Å²) in [5, 5.41) is 13.3. The Kier molecular flexibility index (Phi) is 3.66. The monoisotopic (exact) mass is 299 g/mol. The molecule has 1 aromatic heterocycles. The van der Waals surface area contributed by atoms with Crippen molar-refractivity contribution in [2.75, 3.05) is 6.54 Å². The minimum atomic E-state index is -0.992. The molecule has 0 saturated heterocycles. The second-order valence-corrected chi connectivity index (χ2v) is 5.45. The molecule has 6 heteroatoms. The first-order valence-electron chi connectivity index (χ1n) is 7.20. The molecule has 1 N–H and O–H groups in total. The summed E-state index contributed by atoms with van der Waals surface area (Å²) in [5.41, 5.74) is 2.04. The number of carbonyl (C=O) groups excluding carboxylic acids is 1. The largest absolute Gasteiger partial charge is 0.480 e. The van der Waals surface area contributed by atoms with Gasteiger partial charge in [-0.3, -0.25) is 9.59 Å². The Morgan fingerprint density at radius 3 is 2.59 bits per heavy atom. The number of nitrogens with zero attached hydrogens (tertiary/aromatic N) is 3. The minimum absolute atomic E-state index is 0.0445. The third kappa shape index (κ3) is 2.72. The molecule has 1 aromatic carbocycles. The molecule has 22 heavy (non-hydrogen) atoms. The average Bonchev–Trinajstić information content (AvgIpc) is 3.27. The highest BCUT2D eigenvalue weighted by atomic mass is 16.4. The number of hydrogen-bond donors (Lipinski definition) is 1. The molecule has 0 spiro atoms. The van der Waals surface area contributed by atoms with Crippen molar-refractivity contribution >= 4 is 11.9 Å². The molecule has 2 aromatic rings. The number of rotatable bonds is 5. The van der Waals surface area contributed by atoms with E-state index in [1.165, 1.54) is 11.1 Å². The molecule has 1 aliphatic carbocycles. The van der Waals surface area contributed by atoms with Gasteiger partial charge in [-0.2, -0.15) is 5.10 Å². The van der Waals surface area contributed by atoms with Crippen molar-refractivity contribution in [3.8, 4) is 5.69 Å². The number of hydrogen-bond acceptors (Lipinski definition) is 3. The Labute approximate surface area is 128 Å². The topological polar surface area (TPSA) is 75.4 Å². The molecule has 3 rings (SSSR count). The summed E-state index contributed by atoms with van der Waals surface area (Å²) in [7, 11) is 0. The number of aromatic nitrogens is 2. The van der Waals surface area contributed by atoms with Gasteiger partial charge in [0.2, 0.25) is 0 Å². The average molecular weight is 299 g/mol. The molecule has 0 unspecified atom stereocenters. The second-order valence-electron chi connectivity index (χ2n) is 5.45. The number of carbonyl (C=O) groups is 2. The Morgan fingerprint density at radius 2 is 2.00 bits per heavy atom. The molecule has 1 aliphatic rings. The van der Waals surface area contributed by atoms with Crippen molar-refractivity contribution < 1.29 is 14.7 Å². The Balaban J connectivity index is 1.90. The fourth-order valence-electron chi connectivity index (χ4n) is 2.50. The number of benzene rings is 1. The van der Waals surface area contributed by atoms with Crippen LogP contribution >= 0.6 is 0 Å². The Hall–Kier alpha value is -2.63. The van der Waals surface area contributed by atoms with Gasteiger partial charge >= 0.3 is 5.97 Å². The van der Waals surface area contributed by atoms with E-state index in [1.54, 1.807) is 4.68 Å². The molecule has 0 atom stereocenters. The molecule has 114 valence electrons. The predicted octanol–water partition coefficient (Wildman–Crippen LogP) is 1.87. The number of carboxylic acid groups (broad SMARTS) is 1. The highest BCUT2D eigenvalue weighted by molar-refractivity contribution is 5.97. The standard InChI is InChI=1S/C16H17N3O3/c1-11-14(9-17-19(11)13-5-3-2-4-6-13)16(22)18(10-15(20)21)12-7-8-12/h2-6,9,12H,7-8,10H2,1H3,(H,20,21). The molecule has 6 nitrogen and oxygen atoms in total. The molecule has 1 heterocycles. The van der Waals surface area contributed by atoms with Crippen LogP contribution in [0.3, 0.4) is 0 Å². The van der Waals surface area contributed by atoms with Gasteiger partial charge in [0.25, 0.3) is 5.91 Å². The number of aliphatic carboxylic acids is 1. The van der Waals surface area contributed by atoms with Gasteiger partial charge in [0, 0.05) is 6.04 Å². The van der Waals surface area contributed by atoms with E-state index in [-0.39, 0.29) is 18.5 Å². The molecule has 1 fully saturated rings. The van der Waals surface area contributed by atoms with Crippen LogP contribution in [-0.4, -0.2) is 44.3 Å². The number of carboxylic acids is 1. The summed E-state index contributed by atoms with van der Waals surface area (Å²) in [4.78, 5) is 25.0.